The van der Waals surface area contributed by atoms with E-state index in [9.17, 15) is 14.7 Å². The molecular formula is C11H7Cl2N3O3. The SMILES string of the molecule is O=C(Nc1cc(Cl)c(O)c(Cl)c1)c1c[nH]c(=O)cn1. The molecule has 19 heavy (non-hydrogen) atoms. The number of carbonyl (C=O) groups excluding carboxylic acids is 1. The molecule has 0 fully saturated rings. The Morgan fingerprint density at radius 3 is 2.47 bits per heavy atom. The number of aromatic nitrogens is 2. The molecule has 0 saturated heterocycles. The van der Waals surface area contributed by atoms with Crippen molar-refractivity contribution >= 4 is 34.8 Å². The van der Waals surface area contributed by atoms with E-state index in [1.165, 1.54) is 18.3 Å². The third-order valence-corrected chi connectivity index (χ3v) is 2.76. The van der Waals surface area contributed by atoms with E-state index >= 15 is 0 Å². The summed E-state index contributed by atoms with van der Waals surface area (Å²) in [7, 11) is 0. The quantitative estimate of drug-likeness (QED) is 0.740. The molecule has 1 aromatic carbocycles. The van der Waals surface area contributed by atoms with Gasteiger partial charge < -0.3 is 15.4 Å². The van der Waals surface area contributed by atoms with Gasteiger partial charge in [0, 0.05) is 11.9 Å². The Bertz CT molecular complexity index is 656. The van der Waals surface area contributed by atoms with Gasteiger partial charge in [0.05, 0.1) is 16.2 Å². The number of nitrogens with one attached hydrogen (secondary N) is 2. The number of rotatable bonds is 2. The average Bonchev–Trinajstić information content (AvgIpc) is 2.36. The largest absolute Gasteiger partial charge is 0.505 e. The molecule has 6 nitrogen and oxygen atoms in total. The summed E-state index contributed by atoms with van der Waals surface area (Å²) in [6.45, 7) is 0. The van der Waals surface area contributed by atoms with Crippen molar-refractivity contribution in [3.8, 4) is 5.75 Å². The molecule has 2 aromatic rings. The van der Waals surface area contributed by atoms with E-state index in [2.05, 4.69) is 15.3 Å². The monoisotopic (exact) mass is 299 g/mol. The number of carbonyl (C=O) groups is 1. The molecule has 3 N–H and O–H groups in total. The molecule has 0 aliphatic carbocycles. The lowest BCUT2D eigenvalue weighted by Gasteiger charge is -2.07. The Kier molecular flexibility index (Phi) is 3.73. The standard InChI is InChI=1S/C11H7Cl2N3O3/c12-6-1-5(2-7(13)10(6)18)16-11(19)8-3-15-9(17)4-14-8/h1-4,18H,(H,15,17)(H,16,19). The zero-order valence-electron chi connectivity index (χ0n) is 9.28. The summed E-state index contributed by atoms with van der Waals surface area (Å²) in [6.07, 6.45) is 2.17. The molecule has 2 rings (SSSR count). The van der Waals surface area contributed by atoms with Crippen molar-refractivity contribution in [2.24, 2.45) is 0 Å². The number of H-pyrrole nitrogens is 1. The van der Waals surface area contributed by atoms with Crippen LogP contribution in [0.2, 0.25) is 10.0 Å². The number of aromatic amines is 1. The second kappa shape index (κ2) is 5.29. The zero-order valence-corrected chi connectivity index (χ0v) is 10.8. The number of anilines is 1. The predicted octanol–water partition coefficient (Wildman–Crippen LogP) is 2.03. The Balaban J connectivity index is 2.24. The predicted molar refractivity (Wildman–Crippen MR) is 70.9 cm³/mol. The van der Waals surface area contributed by atoms with Crippen LogP contribution in [-0.2, 0) is 0 Å². The van der Waals surface area contributed by atoms with Gasteiger partial charge in [-0.05, 0) is 12.1 Å². The first-order valence-electron chi connectivity index (χ1n) is 5.01. The van der Waals surface area contributed by atoms with Gasteiger partial charge in [-0.1, -0.05) is 23.2 Å². The summed E-state index contributed by atoms with van der Waals surface area (Å²) in [6, 6.07) is 2.68. The number of phenolic OH excluding ortho intramolecular Hbond substituents is 1. The smallest absolute Gasteiger partial charge is 0.275 e. The normalized spacial score (nSPS) is 10.2. The topological polar surface area (TPSA) is 95.1 Å². The Hall–Kier alpha value is -2.05. The van der Waals surface area contributed by atoms with E-state index in [1.807, 2.05) is 0 Å². The van der Waals surface area contributed by atoms with Crippen molar-refractivity contribution in [1.82, 2.24) is 9.97 Å². The number of hydrogen-bond donors (Lipinski definition) is 3. The number of phenols is 1. The highest BCUT2D eigenvalue weighted by molar-refractivity contribution is 6.37. The van der Waals surface area contributed by atoms with Crippen molar-refractivity contribution in [3.63, 3.8) is 0 Å². The van der Waals surface area contributed by atoms with Gasteiger partial charge in [-0.2, -0.15) is 0 Å². The summed E-state index contributed by atoms with van der Waals surface area (Å²) >= 11 is 11.4. The number of nitrogens with zero attached hydrogens (tertiary/aromatic N) is 1. The van der Waals surface area contributed by atoms with Crippen LogP contribution in [-0.4, -0.2) is 21.0 Å². The third kappa shape index (κ3) is 3.04. The second-order valence-electron chi connectivity index (χ2n) is 3.54. The van der Waals surface area contributed by atoms with E-state index in [0.29, 0.717) is 5.69 Å². The molecule has 0 aliphatic rings. The number of hydrogen-bond acceptors (Lipinski definition) is 4. The Labute approximate surface area is 117 Å². The summed E-state index contributed by atoms with van der Waals surface area (Å²) in [5.41, 5.74) is -0.0852. The van der Waals surface area contributed by atoms with Gasteiger partial charge in [-0.15, -0.1) is 0 Å². The number of amides is 1. The Morgan fingerprint density at radius 2 is 1.95 bits per heavy atom. The van der Waals surface area contributed by atoms with Gasteiger partial charge in [0.2, 0.25) is 0 Å². The van der Waals surface area contributed by atoms with Crippen LogP contribution in [0, 0.1) is 0 Å². The van der Waals surface area contributed by atoms with Gasteiger partial charge >= 0.3 is 0 Å². The first kappa shape index (κ1) is 13.4. The summed E-state index contributed by atoms with van der Waals surface area (Å²) in [4.78, 5) is 28.6. The molecule has 0 aliphatic heterocycles. The van der Waals surface area contributed by atoms with Crippen LogP contribution < -0.4 is 10.9 Å². The molecular weight excluding hydrogens is 293 g/mol. The van der Waals surface area contributed by atoms with Gasteiger partial charge in [-0.25, -0.2) is 4.98 Å². The molecule has 0 unspecified atom stereocenters. The summed E-state index contributed by atoms with van der Waals surface area (Å²) in [5.74, 6) is -0.808. The minimum Gasteiger partial charge on any atom is -0.505 e. The van der Waals surface area contributed by atoms with Crippen molar-refractivity contribution in [2.45, 2.75) is 0 Å². The first-order chi connectivity index (χ1) is 8.97. The average molecular weight is 300 g/mol. The van der Waals surface area contributed by atoms with Crippen molar-refractivity contribution < 1.29 is 9.90 Å². The maximum Gasteiger partial charge on any atom is 0.275 e. The lowest BCUT2D eigenvalue weighted by molar-refractivity contribution is 0.102. The molecule has 1 amide bonds. The van der Waals surface area contributed by atoms with Crippen LogP contribution in [0.15, 0.2) is 29.3 Å². The van der Waals surface area contributed by atoms with Crippen LogP contribution in [0.5, 0.6) is 5.75 Å². The number of halogens is 2. The molecule has 98 valence electrons. The van der Waals surface area contributed by atoms with E-state index in [4.69, 9.17) is 23.2 Å². The Morgan fingerprint density at radius 1 is 1.32 bits per heavy atom. The zero-order chi connectivity index (χ0) is 14.0. The van der Waals surface area contributed by atoms with Crippen LogP contribution in [0.4, 0.5) is 5.69 Å². The molecule has 0 atom stereocenters. The van der Waals surface area contributed by atoms with Crippen LogP contribution in [0.1, 0.15) is 10.5 Å². The highest BCUT2D eigenvalue weighted by Gasteiger charge is 2.11. The highest BCUT2D eigenvalue weighted by Crippen LogP contribution is 2.34. The third-order valence-electron chi connectivity index (χ3n) is 2.18. The highest BCUT2D eigenvalue weighted by atomic mass is 35.5. The molecule has 0 saturated carbocycles. The van der Waals surface area contributed by atoms with E-state index < -0.39 is 11.5 Å². The summed E-state index contributed by atoms with van der Waals surface area (Å²) in [5, 5.41) is 11.9. The lowest BCUT2D eigenvalue weighted by Crippen LogP contribution is -2.16. The number of aromatic hydroxyl groups is 1. The van der Waals surface area contributed by atoms with Crippen LogP contribution in [0.25, 0.3) is 0 Å². The molecule has 0 bridgehead atoms. The van der Waals surface area contributed by atoms with Crippen LogP contribution >= 0.6 is 23.2 Å². The number of benzene rings is 1. The fraction of sp³-hybridized carbons (Fsp3) is 0. The van der Waals surface area contributed by atoms with E-state index in [0.717, 1.165) is 6.20 Å². The molecule has 8 heteroatoms. The van der Waals surface area contributed by atoms with E-state index in [-0.39, 0.29) is 21.5 Å². The van der Waals surface area contributed by atoms with Gasteiger partial charge in [0.1, 0.15) is 5.69 Å². The fourth-order valence-electron chi connectivity index (χ4n) is 1.30. The maximum absolute atomic E-state index is 11.8. The maximum atomic E-state index is 11.8. The molecule has 0 spiro atoms. The minimum absolute atomic E-state index is 0.0113. The second-order valence-corrected chi connectivity index (χ2v) is 4.35. The first-order valence-corrected chi connectivity index (χ1v) is 5.77. The molecule has 1 aromatic heterocycles. The summed E-state index contributed by atoms with van der Waals surface area (Å²) < 4.78 is 0. The van der Waals surface area contributed by atoms with Gasteiger partial charge in [0.25, 0.3) is 11.5 Å². The van der Waals surface area contributed by atoms with E-state index in [1.54, 1.807) is 0 Å². The minimum atomic E-state index is -0.547. The molecule has 0 radical (unpaired) electrons. The van der Waals surface area contributed by atoms with Crippen molar-refractivity contribution in [1.29, 1.82) is 0 Å². The van der Waals surface area contributed by atoms with Gasteiger partial charge in [-0.3, -0.25) is 9.59 Å². The van der Waals surface area contributed by atoms with Crippen LogP contribution in [0.3, 0.4) is 0 Å². The molecule has 1 heterocycles. The van der Waals surface area contributed by atoms with Crippen molar-refractivity contribution in [3.05, 3.63) is 50.6 Å². The van der Waals surface area contributed by atoms with Gasteiger partial charge in [0.15, 0.2) is 5.75 Å². The van der Waals surface area contributed by atoms with Crippen molar-refractivity contribution in [2.75, 3.05) is 5.32 Å². The fourth-order valence-corrected chi connectivity index (χ4v) is 1.79. The lowest BCUT2D eigenvalue weighted by atomic mass is 10.3.